The van der Waals surface area contributed by atoms with Gasteiger partial charge >= 0.3 is 0 Å². The number of hydrogen-bond donors (Lipinski definition) is 1. The van der Waals surface area contributed by atoms with Gasteiger partial charge in [-0.15, -0.1) is 0 Å². The molecule has 27 heavy (non-hydrogen) atoms. The van der Waals surface area contributed by atoms with Crippen LogP contribution in [0.3, 0.4) is 0 Å². The third-order valence-electron chi connectivity index (χ3n) is 4.97. The molecule has 6 heteroatoms. The summed E-state index contributed by atoms with van der Waals surface area (Å²) in [5.41, 5.74) is 3.99. The second-order valence-corrected chi connectivity index (χ2v) is 6.49. The highest BCUT2D eigenvalue weighted by molar-refractivity contribution is 6.12. The molecular weight excluding hydrogens is 340 g/mol. The number of nitro groups is 1. The van der Waals surface area contributed by atoms with Crippen molar-refractivity contribution in [1.29, 1.82) is 5.41 Å². The summed E-state index contributed by atoms with van der Waals surface area (Å²) in [6, 6.07) is 16.5. The van der Waals surface area contributed by atoms with Crippen molar-refractivity contribution in [2.45, 2.75) is 0 Å². The van der Waals surface area contributed by atoms with Gasteiger partial charge in [0.1, 0.15) is 0 Å². The topological polar surface area (TPSA) is 73.5 Å². The zero-order valence-electron chi connectivity index (χ0n) is 15.0. The summed E-state index contributed by atoms with van der Waals surface area (Å²) < 4.78 is 0. The van der Waals surface area contributed by atoms with Crippen molar-refractivity contribution in [2.24, 2.45) is 0 Å². The molecule has 4 rings (SSSR count). The molecule has 0 spiro atoms. The van der Waals surface area contributed by atoms with Crippen molar-refractivity contribution >= 4 is 45.9 Å². The van der Waals surface area contributed by atoms with Crippen LogP contribution in [-0.2, 0) is 0 Å². The van der Waals surface area contributed by atoms with Gasteiger partial charge in [0.05, 0.1) is 10.6 Å². The summed E-state index contributed by atoms with van der Waals surface area (Å²) in [7, 11) is 3.64. The lowest BCUT2D eigenvalue weighted by atomic mass is 10.0. The fraction of sp³-hybridized carbons (Fsp3) is 0.0952. The van der Waals surface area contributed by atoms with Crippen molar-refractivity contribution in [1.82, 2.24) is 0 Å². The quantitative estimate of drug-likeness (QED) is 0.248. The molecule has 0 fully saturated rings. The predicted octanol–water partition coefficient (Wildman–Crippen LogP) is 4.74. The summed E-state index contributed by atoms with van der Waals surface area (Å²) in [4.78, 5) is 13.9. The minimum Gasteiger partial charge on any atom is -0.316 e. The predicted molar refractivity (Wildman–Crippen MR) is 111 cm³/mol. The molecule has 0 amide bonds. The molecule has 1 aliphatic rings. The lowest BCUT2D eigenvalue weighted by molar-refractivity contribution is -0.384. The molecule has 0 aromatic heterocycles. The monoisotopic (exact) mass is 358 g/mol. The van der Waals surface area contributed by atoms with Crippen molar-refractivity contribution < 1.29 is 4.92 Å². The molecule has 3 aromatic rings. The van der Waals surface area contributed by atoms with Gasteiger partial charge in [-0.3, -0.25) is 15.5 Å². The largest absolute Gasteiger partial charge is 0.316 e. The summed E-state index contributed by atoms with van der Waals surface area (Å²) in [6.45, 7) is 0. The Morgan fingerprint density at radius 1 is 0.963 bits per heavy atom. The minimum atomic E-state index is -0.429. The molecule has 0 saturated carbocycles. The van der Waals surface area contributed by atoms with E-state index in [2.05, 4.69) is 30.4 Å². The van der Waals surface area contributed by atoms with Gasteiger partial charge in [0.25, 0.3) is 5.69 Å². The van der Waals surface area contributed by atoms with E-state index in [1.165, 1.54) is 28.5 Å². The van der Waals surface area contributed by atoms with E-state index in [1.54, 1.807) is 24.1 Å². The van der Waals surface area contributed by atoms with Crippen molar-refractivity contribution in [2.75, 3.05) is 23.9 Å². The maximum atomic E-state index is 10.8. The Bertz CT molecular complexity index is 1100. The fourth-order valence-corrected chi connectivity index (χ4v) is 3.46. The highest BCUT2D eigenvalue weighted by Crippen LogP contribution is 2.37. The Morgan fingerprint density at radius 3 is 2.41 bits per heavy atom. The van der Waals surface area contributed by atoms with Gasteiger partial charge in [-0.05, 0) is 34.5 Å². The van der Waals surface area contributed by atoms with Gasteiger partial charge in [0.15, 0.2) is 0 Å². The van der Waals surface area contributed by atoms with E-state index in [1.807, 2.05) is 24.1 Å². The molecule has 3 aromatic carbocycles. The average molecular weight is 358 g/mol. The molecule has 0 radical (unpaired) electrons. The molecular formula is C21H18N4O2. The van der Waals surface area contributed by atoms with E-state index in [0.717, 1.165) is 11.3 Å². The van der Waals surface area contributed by atoms with Crippen LogP contribution < -0.4 is 9.80 Å². The van der Waals surface area contributed by atoms with Crippen LogP contribution in [-0.4, -0.2) is 25.0 Å². The van der Waals surface area contributed by atoms with Gasteiger partial charge in [-0.2, -0.15) is 0 Å². The molecule has 1 N–H and O–H groups in total. The average Bonchev–Trinajstić information content (AvgIpc) is 3.12. The minimum absolute atomic E-state index is 0.0346. The summed E-state index contributed by atoms with van der Waals surface area (Å²) in [5, 5.41) is 21.8. The number of anilines is 2. The van der Waals surface area contributed by atoms with Crippen LogP contribution in [0.2, 0.25) is 0 Å². The Hall–Kier alpha value is -3.67. The maximum absolute atomic E-state index is 10.8. The second-order valence-electron chi connectivity index (χ2n) is 6.49. The van der Waals surface area contributed by atoms with Crippen LogP contribution in [0.15, 0.2) is 54.6 Å². The standard InChI is InChI=1S/C21H18N4O2/c1-23(16-8-10-17(11-9-16)25(26)27)21(22)24(2)19-13-7-15-5-3-4-14-6-12-18(19)20(14)15/h3-13,22H,1-2H3. The Kier molecular flexibility index (Phi) is 3.88. The van der Waals surface area contributed by atoms with E-state index in [9.17, 15) is 10.1 Å². The third kappa shape index (κ3) is 2.71. The lowest BCUT2D eigenvalue weighted by Crippen LogP contribution is -2.39. The Balaban J connectivity index is 1.66. The number of non-ortho nitro benzene ring substituents is 1. The molecule has 0 unspecified atom stereocenters. The van der Waals surface area contributed by atoms with Crippen LogP contribution in [0.1, 0.15) is 11.1 Å². The molecule has 1 aliphatic carbocycles. The smallest absolute Gasteiger partial charge is 0.269 e. The number of nitrogens with zero attached hydrogens (tertiary/aromatic N) is 3. The van der Waals surface area contributed by atoms with Crippen molar-refractivity contribution in [3.63, 3.8) is 0 Å². The normalized spacial score (nSPS) is 11.6. The summed E-state index contributed by atoms with van der Waals surface area (Å²) >= 11 is 0. The molecule has 0 atom stereocenters. The third-order valence-corrected chi connectivity index (χ3v) is 4.97. The van der Waals surface area contributed by atoms with E-state index in [4.69, 9.17) is 5.41 Å². The van der Waals surface area contributed by atoms with Gasteiger partial charge in [-0.25, -0.2) is 0 Å². The second kappa shape index (κ2) is 6.25. The number of nitrogens with one attached hydrogen (secondary N) is 1. The first kappa shape index (κ1) is 16.8. The summed E-state index contributed by atoms with van der Waals surface area (Å²) in [5.74, 6) is 0.275. The SMILES string of the molecule is CN(C(=N)N(C)c1ccc2cccc3c2c1C=C3)c1ccc([N+](=O)[O-])cc1. The Morgan fingerprint density at radius 2 is 1.70 bits per heavy atom. The first-order valence-electron chi connectivity index (χ1n) is 8.51. The van der Waals surface area contributed by atoms with Crippen LogP contribution in [0.25, 0.3) is 22.9 Å². The van der Waals surface area contributed by atoms with Gasteiger partial charge in [0, 0.05) is 37.5 Å². The van der Waals surface area contributed by atoms with Crippen LogP contribution in [0, 0.1) is 15.5 Å². The first-order chi connectivity index (χ1) is 13.0. The maximum Gasteiger partial charge on any atom is 0.269 e. The molecule has 0 saturated heterocycles. The Labute approximate surface area is 156 Å². The van der Waals surface area contributed by atoms with Crippen molar-refractivity contribution in [3.8, 4) is 0 Å². The highest BCUT2D eigenvalue weighted by Gasteiger charge is 2.20. The van der Waals surface area contributed by atoms with E-state index >= 15 is 0 Å². The van der Waals surface area contributed by atoms with E-state index in [-0.39, 0.29) is 11.6 Å². The zero-order valence-corrected chi connectivity index (χ0v) is 15.0. The highest BCUT2D eigenvalue weighted by atomic mass is 16.6. The first-order valence-corrected chi connectivity index (χ1v) is 8.51. The number of nitro benzene ring substituents is 1. The molecule has 0 heterocycles. The van der Waals surface area contributed by atoms with Crippen LogP contribution >= 0.6 is 0 Å². The van der Waals surface area contributed by atoms with Crippen LogP contribution in [0.5, 0.6) is 0 Å². The number of hydrogen-bond acceptors (Lipinski definition) is 3. The lowest BCUT2D eigenvalue weighted by Gasteiger charge is -2.29. The van der Waals surface area contributed by atoms with E-state index < -0.39 is 4.92 Å². The fourth-order valence-electron chi connectivity index (χ4n) is 3.46. The van der Waals surface area contributed by atoms with Gasteiger partial charge < -0.3 is 9.80 Å². The molecule has 6 nitrogen and oxygen atoms in total. The number of guanidine groups is 1. The van der Waals surface area contributed by atoms with E-state index in [0.29, 0.717) is 5.69 Å². The molecule has 134 valence electrons. The zero-order chi connectivity index (χ0) is 19.1. The van der Waals surface area contributed by atoms with Gasteiger partial charge in [0.2, 0.25) is 5.96 Å². The molecule has 0 aliphatic heterocycles. The number of benzene rings is 3. The van der Waals surface area contributed by atoms with Crippen LogP contribution in [0.4, 0.5) is 17.1 Å². The summed E-state index contributed by atoms with van der Waals surface area (Å²) in [6.07, 6.45) is 4.18. The van der Waals surface area contributed by atoms with Gasteiger partial charge in [-0.1, -0.05) is 36.4 Å². The van der Waals surface area contributed by atoms with Crippen molar-refractivity contribution in [3.05, 3.63) is 75.8 Å². The molecule has 0 bridgehead atoms. The number of rotatable bonds is 3.